The molecule has 0 bridgehead atoms. The van der Waals surface area contributed by atoms with Gasteiger partial charge in [0, 0.05) is 11.1 Å². The third-order valence-electron chi connectivity index (χ3n) is 8.07. The number of esters is 1. The summed E-state index contributed by atoms with van der Waals surface area (Å²) in [5.41, 5.74) is 2.95. The van der Waals surface area contributed by atoms with Crippen molar-refractivity contribution in [2.24, 2.45) is 0 Å². The summed E-state index contributed by atoms with van der Waals surface area (Å²) in [5, 5.41) is 8.94. The van der Waals surface area contributed by atoms with Crippen LogP contribution in [0.4, 0.5) is 0 Å². The van der Waals surface area contributed by atoms with Crippen molar-refractivity contribution in [3.8, 4) is 0 Å². The van der Waals surface area contributed by atoms with Crippen LogP contribution in [0.25, 0.3) is 43.1 Å². The van der Waals surface area contributed by atoms with E-state index in [0.29, 0.717) is 0 Å². The maximum Gasteiger partial charge on any atom is 0.314 e. The van der Waals surface area contributed by atoms with Gasteiger partial charge in [0.05, 0.1) is 5.92 Å². The molecule has 0 N–H and O–H groups in total. The highest BCUT2D eigenvalue weighted by Crippen LogP contribution is 2.38. The van der Waals surface area contributed by atoms with Crippen molar-refractivity contribution in [3.05, 3.63) is 156 Å². The lowest BCUT2D eigenvalue weighted by Gasteiger charge is -2.24. The molecule has 0 unspecified atom stereocenters. The zero-order valence-electron chi connectivity index (χ0n) is 22.3. The van der Waals surface area contributed by atoms with Crippen LogP contribution >= 0.6 is 0 Å². The summed E-state index contributed by atoms with van der Waals surface area (Å²) < 4.78 is 6.58. The minimum absolute atomic E-state index is 0.244. The van der Waals surface area contributed by atoms with Crippen molar-refractivity contribution in [3.63, 3.8) is 0 Å². The Morgan fingerprint density at radius 1 is 0.475 bits per heavy atom. The molecular formula is C38H28O2. The molecule has 0 radical (unpaired) electrons. The first-order valence-corrected chi connectivity index (χ1v) is 13.8. The number of carbonyl (C=O) groups excluding carboxylic acids is 1. The summed E-state index contributed by atoms with van der Waals surface area (Å²) in [5.74, 6) is -0.701. The Kier molecular flexibility index (Phi) is 6.02. The van der Waals surface area contributed by atoms with Crippen LogP contribution in [0, 0.1) is 0 Å². The van der Waals surface area contributed by atoms with Crippen molar-refractivity contribution in [1.82, 2.24) is 0 Å². The van der Waals surface area contributed by atoms with Crippen LogP contribution in [0.3, 0.4) is 0 Å². The largest absolute Gasteiger partial charge is 0.452 e. The van der Waals surface area contributed by atoms with Crippen molar-refractivity contribution in [1.29, 1.82) is 0 Å². The van der Waals surface area contributed by atoms with E-state index in [0.717, 1.165) is 54.4 Å². The lowest BCUT2D eigenvalue weighted by molar-refractivity contribution is -0.148. The molecule has 0 saturated heterocycles. The van der Waals surface area contributed by atoms with Gasteiger partial charge in [-0.1, -0.05) is 133 Å². The molecular weight excluding hydrogens is 488 g/mol. The second-order valence-electron chi connectivity index (χ2n) is 10.4. The molecule has 2 nitrogen and oxygen atoms in total. The van der Waals surface area contributed by atoms with Crippen LogP contribution in [-0.4, -0.2) is 5.97 Å². The smallest absolute Gasteiger partial charge is 0.314 e. The van der Waals surface area contributed by atoms with Gasteiger partial charge >= 0.3 is 5.97 Å². The molecule has 0 heterocycles. The van der Waals surface area contributed by atoms with Gasteiger partial charge < -0.3 is 4.74 Å². The maximum absolute atomic E-state index is 14.1. The molecule has 0 amide bonds. The van der Waals surface area contributed by atoms with Gasteiger partial charge in [-0.2, -0.15) is 0 Å². The first-order chi connectivity index (χ1) is 19.7. The molecule has 7 rings (SSSR count). The predicted molar refractivity (Wildman–Crippen MR) is 166 cm³/mol. The van der Waals surface area contributed by atoms with Crippen LogP contribution in [0.5, 0.6) is 0 Å². The monoisotopic (exact) mass is 516 g/mol. The first kappa shape index (κ1) is 24.1. The Morgan fingerprint density at radius 2 is 0.925 bits per heavy atom. The van der Waals surface area contributed by atoms with Crippen LogP contribution in [0.1, 0.15) is 35.6 Å². The van der Waals surface area contributed by atoms with E-state index < -0.39 is 12.0 Å². The van der Waals surface area contributed by atoms with Gasteiger partial charge in [-0.25, -0.2) is 0 Å². The second-order valence-corrected chi connectivity index (χ2v) is 10.4. The number of carbonyl (C=O) groups is 1. The Balaban J connectivity index is 1.37. The summed E-state index contributed by atoms with van der Waals surface area (Å²) in [7, 11) is 0. The zero-order valence-corrected chi connectivity index (χ0v) is 22.3. The summed E-state index contributed by atoms with van der Waals surface area (Å²) in [6.07, 6.45) is -0.557. The fourth-order valence-corrected chi connectivity index (χ4v) is 6.04. The van der Waals surface area contributed by atoms with Crippen LogP contribution in [0.15, 0.2) is 140 Å². The number of hydrogen-bond acceptors (Lipinski definition) is 2. The fourth-order valence-electron chi connectivity index (χ4n) is 6.04. The molecule has 1 atom stereocenters. The van der Waals surface area contributed by atoms with E-state index in [1.54, 1.807) is 0 Å². The molecule has 192 valence electrons. The van der Waals surface area contributed by atoms with Gasteiger partial charge in [-0.3, -0.25) is 4.79 Å². The quantitative estimate of drug-likeness (QED) is 0.168. The lowest BCUT2D eigenvalue weighted by atomic mass is 9.90. The lowest BCUT2D eigenvalue weighted by Crippen LogP contribution is -2.18. The van der Waals surface area contributed by atoms with Crippen molar-refractivity contribution in [2.45, 2.75) is 18.9 Å². The second kappa shape index (κ2) is 9.98. The van der Waals surface area contributed by atoms with Gasteiger partial charge in [0.2, 0.25) is 0 Å². The number of benzene rings is 7. The molecule has 0 saturated carbocycles. The van der Waals surface area contributed by atoms with E-state index in [4.69, 9.17) is 4.74 Å². The van der Waals surface area contributed by atoms with E-state index in [9.17, 15) is 4.79 Å². The third-order valence-corrected chi connectivity index (χ3v) is 8.07. The zero-order chi connectivity index (χ0) is 27.1. The van der Waals surface area contributed by atoms with Crippen molar-refractivity contribution < 1.29 is 9.53 Å². The maximum atomic E-state index is 14.1. The van der Waals surface area contributed by atoms with Crippen LogP contribution in [-0.2, 0) is 9.53 Å². The highest BCUT2D eigenvalue weighted by Gasteiger charge is 2.27. The first-order valence-electron chi connectivity index (χ1n) is 13.8. The molecule has 0 spiro atoms. The Hall–Kier alpha value is -4.95. The minimum atomic E-state index is -0.557. The normalized spacial score (nSPS) is 12.3. The highest BCUT2D eigenvalue weighted by atomic mass is 16.5. The number of rotatable bonds is 5. The average Bonchev–Trinajstić information content (AvgIpc) is 3.02. The summed E-state index contributed by atoms with van der Waals surface area (Å²) in [6, 6.07) is 47.9. The molecule has 7 aromatic carbocycles. The highest BCUT2D eigenvalue weighted by molar-refractivity contribution is 6.10. The van der Waals surface area contributed by atoms with E-state index in [2.05, 4.69) is 91.0 Å². The van der Waals surface area contributed by atoms with Crippen molar-refractivity contribution in [2.75, 3.05) is 0 Å². The molecule has 2 heteroatoms. The molecule has 0 aliphatic rings. The Labute approximate surface area is 233 Å². The van der Waals surface area contributed by atoms with Crippen molar-refractivity contribution >= 4 is 49.1 Å². The average molecular weight is 517 g/mol. The summed E-state index contributed by atoms with van der Waals surface area (Å²) >= 11 is 0. The summed E-state index contributed by atoms with van der Waals surface area (Å²) in [4.78, 5) is 14.1. The Bertz CT molecular complexity index is 1950. The van der Waals surface area contributed by atoms with Crippen LogP contribution in [0.2, 0.25) is 0 Å². The SMILES string of the molecule is C[C@@H](C(=O)OC(c1cccc2ccccc12)c1cccc2ccccc12)c1cc2ccccc2c2ccccc12. The fraction of sp³-hybridized carbons (Fsp3) is 0.0789. The topological polar surface area (TPSA) is 26.3 Å². The van der Waals surface area contributed by atoms with E-state index in [1.165, 1.54) is 5.39 Å². The molecule has 0 fully saturated rings. The predicted octanol–water partition coefficient (Wildman–Crippen LogP) is 9.74. The molecule has 40 heavy (non-hydrogen) atoms. The number of hydrogen-bond donors (Lipinski definition) is 0. The number of fused-ring (bicyclic) bond motifs is 5. The van der Waals surface area contributed by atoms with E-state index >= 15 is 0 Å². The standard InChI is InChI=1S/C38H28O2/c1-25(36-24-28-14-4-7-19-31(28)32-20-8-9-21-33(32)36)38(39)40-37(34-22-10-15-26-12-2-5-17-29(26)34)35-23-11-16-27-13-3-6-18-30(27)35/h2-25,37H,1H3/t25-/m1/s1. The van der Waals surface area contributed by atoms with Gasteiger partial charge in [0.15, 0.2) is 6.10 Å². The molecule has 0 aliphatic carbocycles. The van der Waals surface area contributed by atoms with Crippen LogP contribution < -0.4 is 0 Å². The Morgan fingerprint density at radius 3 is 1.52 bits per heavy atom. The van der Waals surface area contributed by atoms with E-state index in [-0.39, 0.29) is 5.97 Å². The molecule has 7 aromatic rings. The van der Waals surface area contributed by atoms with Gasteiger partial charge in [0.25, 0.3) is 0 Å². The van der Waals surface area contributed by atoms with E-state index in [1.807, 2.05) is 55.5 Å². The minimum Gasteiger partial charge on any atom is -0.452 e. The molecule has 0 aromatic heterocycles. The third kappa shape index (κ3) is 4.10. The van der Waals surface area contributed by atoms with Gasteiger partial charge in [-0.05, 0) is 61.6 Å². The number of ether oxygens (including phenoxy) is 1. The molecule has 0 aliphatic heterocycles. The summed E-state index contributed by atoms with van der Waals surface area (Å²) in [6.45, 7) is 1.96. The van der Waals surface area contributed by atoms with Gasteiger partial charge in [0.1, 0.15) is 0 Å². The van der Waals surface area contributed by atoms with Gasteiger partial charge in [-0.15, -0.1) is 0 Å².